The monoisotopic (exact) mass is 797 g/mol. The SMILES string of the molecule is COc1cc(OC)cc(-c2nc(-c3cc(OC)cc(OC)c3)nc(-n3c4ccccc4c4ccc5c6ccccc6n(C6=CC=CI=C6)c5c43)n2)c1. The van der Waals surface area contributed by atoms with Crippen LogP contribution in [-0.4, -0.2) is 56.5 Å². The molecule has 4 heterocycles. The van der Waals surface area contributed by atoms with Crippen LogP contribution in [0.15, 0.2) is 113 Å². The quantitative estimate of drug-likeness (QED) is 0.142. The Morgan fingerprint density at radius 3 is 1.48 bits per heavy atom. The van der Waals surface area contributed by atoms with Crippen molar-refractivity contribution in [3.63, 3.8) is 0 Å². The third kappa shape index (κ3) is 5.20. The molecule has 10 heteroatoms. The van der Waals surface area contributed by atoms with Gasteiger partial charge in [-0.25, -0.2) is 4.98 Å². The summed E-state index contributed by atoms with van der Waals surface area (Å²) in [6.07, 6.45) is 4.38. The molecule has 0 saturated carbocycles. The number of ether oxygens (including phenoxy) is 4. The fourth-order valence-electron chi connectivity index (χ4n) is 7.01. The maximum absolute atomic E-state index is 5.66. The number of hydrogen-bond donors (Lipinski definition) is 0. The molecular weight excluding hydrogens is 765 g/mol. The maximum atomic E-state index is 5.66. The number of methoxy groups -OCH3 is 4. The lowest BCUT2D eigenvalue weighted by molar-refractivity contribution is 0.394. The Labute approximate surface area is 309 Å². The summed E-state index contributed by atoms with van der Waals surface area (Å²) < 4.78 is 31.9. The van der Waals surface area contributed by atoms with Crippen LogP contribution in [0.1, 0.15) is 0 Å². The lowest BCUT2D eigenvalue weighted by atomic mass is 10.1. The van der Waals surface area contributed by atoms with Crippen molar-refractivity contribution in [2.24, 2.45) is 0 Å². The fourth-order valence-corrected chi connectivity index (χ4v) is 8.52. The van der Waals surface area contributed by atoms with E-state index >= 15 is 0 Å². The van der Waals surface area contributed by atoms with Gasteiger partial charge in [-0.1, -0.05) is 75.3 Å². The first-order valence-electron chi connectivity index (χ1n) is 16.6. The number of aromatic nitrogens is 5. The van der Waals surface area contributed by atoms with E-state index in [4.69, 9.17) is 33.9 Å². The Balaban J connectivity index is 1.44. The smallest absolute Gasteiger partial charge is 0.238 e. The van der Waals surface area contributed by atoms with Gasteiger partial charge in [0.1, 0.15) is 23.0 Å². The molecule has 0 radical (unpaired) electrons. The molecule has 52 heavy (non-hydrogen) atoms. The van der Waals surface area contributed by atoms with Gasteiger partial charge in [0.2, 0.25) is 5.95 Å². The normalized spacial score (nSPS) is 12.7. The van der Waals surface area contributed by atoms with Crippen molar-refractivity contribution in [1.82, 2.24) is 24.1 Å². The zero-order valence-corrected chi connectivity index (χ0v) is 31.0. The molecule has 0 amide bonds. The van der Waals surface area contributed by atoms with Crippen LogP contribution in [0.4, 0.5) is 0 Å². The van der Waals surface area contributed by atoms with Gasteiger partial charge in [0.15, 0.2) is 11.6 Å². The van der Waals surface area contributed by atoms with Gasteiger partial charge < -0.3 is 23.5 Å². The van der Waals surface area contributed by atoms with Gasteiger partial charge in [-0.05, 0) is 50.6 Å². The molecule has 3 aromatic heterocycles. The highest BCUT2D eigenvalue weighted by Crippen LogP contribution is 2.42. The van der Waals surface area contributed by atoms with Crippen LogP contribution in [0.5, 0.6) is 23.0 Å². The summed E-state index contributed by atoms with van der Waals surface area (Å²) in [7, 11) is 6.52. The molecule has 0 atom stereocenters. The van der Waals surface area contributed by atoms with Crippen LogP contribution in [0.25, 0.3) is 78.0 Å². The van der Waals surface area contributed by atoms with Gasteiger partial charge in [0, 0.05) is 44.8 Å². The highest BCUT2D eigenvalue weighted by atomic mass is 127. The van der Waals surface area contributed by atoms with E-state index in [9.17, 15) is 0 Å². The van der Waals surface area contributed by atoms with E-state index < -0.39 is 0 Å². The van der Waals surface area contributed by atoms with Gasteiger partial charge in [0.25, 0.3) is 0 Å². The molecule has 9 nitrogen and oxygen atoms in total. The van der Waals surface area contributed by atoms with Crippen LogP contribution in [-0.2, 0) is 0 Å². The molecule has 8 aromatic rings. The van der Waals surface area contributed by atoms with Crippen molar-refractivity contribution in [2.45, 2.75) is 0 Å². The van der Waals surface area contributed by atoms with Crippen molar-refractivity contribution in [3.05, 3.63) is 113 Å². The molecular formula is C42H32IN5O4. The van der Waals surface area contributed by atoms with Crippen molar-refractivity contribution in [1.29, 1.82) is 0 Å². The van der Waals surface area contributed by atoms with Gasteiger partial charge in [-0.2, -0.15) is 9.97 Å². The largest absolute Gasteiger partial charge is 0.497 e. The minimum Gasteiger partial charge on any atom is -0.497 e. The predicted octanol–water partition coefficient (Wildman–Crippen LogP) is 9.59. The van der Waals surface area contributed by atoms with Gasteiger partial charge in [-0.15, -0.1) is 0 Å². The highest BCUT2D eigenvalue weighted by Gasteiger charge is 2.24. The second-order valence-corrected chi connectivity index (χ2v) is 14.3. The lowest BCUT2D eigenvalue weighted by Gasteiger charge is -2.15. The van der Waals surface area contributed by atoms with E-state index in [1.807, 2.05) is 36.4 Å². The second kappa shape index (κ2) is 13.0. The summed E-state index contributed by atoms with van der Waals surface area (Å²) in [5.41, 5.74) is 6.81. The number of hydrogen-bond acceptors (Lipinski definition) is 7. The number of para-hydroxylation sites is 2. The number of benzene rings is 5. The summed E-state index contributed by atoms with van der Waals surface area (Å²) in [4.78, 5) is 15.5. The molecule has 0 saturated heterocycles. The molecule has 256 valence electrons. The first kappa shape index (κ1) is 31.9. The minimum absolute atomic E-state index is 0.216. The molecule has 1 aliphatic heterocycles. The molecule has 0 aliphatic carbocycles. The third-order valence-corrected chi connectivity index (χ3v) is 11.2. The Hall–Kier alpha value is -6.01. The lowest BCUT2D eigenvalue weighted by Crippen LogP contribution is -2.08. The topological polar surface area (TPSA) is 85.5 Å². The molecule has 0 bridgehead atoms. The molecule has 0 spiro atoms. The zero-order chi connectivity index (χ0) is 35.3. The summed E-state index contributed by atoms with van der Waals surface area (Å²) in [6.45, 7) is 0. The first-order chi connectivity index (χ1) is 25.6. The Morgan fingerprint density at radius 1 is 0.519 bits per heavy atom. The Bertz CT molecular complexity index is 2700. The third-order valence-electron chi connectivity index (χ3n) is 9.36. The van der Waals surface area contributed by atoms with Crippen molar-refractivity contribution in [2.75, 3.05) is 28.4 Å². The Morgan fingerprint density at radius 2 is 1.00 bits per heavy atom. The molecule has 0 N–H and O–H groups in total. The number of halogens is 1. The van der Waals surface area contributed by atoms with Gasteiger partial charge in [-0.3, -0.25) is 4.57 Å². The van der Waals surface area contributed by atoms with E-state index in [1.165, 1.54) is 5.39 Å². The summed E-state index contributed by atoms with van der Waals surface area (Å²) >= 11 is -0.216. The molecule has 1 aliphatic rings. The van der Waals surface area contributed by atoms with Crippen LogP contribution in [0, 0.1) is 0 Å². The van der Waals surface area contributed by atoms with Gasteiger partial charge >= 0.3 is 0 Å². The van der Waals surface area contributed by atoms with Crippen molar-refractivity contribution in [3.8, 4) is 51.7 Å². The Kier molecular flexibility index (Phi) is 7.95. The fraction of sp³-hybridized carbons (Fsp3) is 0.0952. The average Bonchev–Trinajstić information content (AvgIpc) is 3.73. The van der Waals surface area contributed by atoms with Crippen LogP contribution in [0.3, 0.4) is 0 Å². The predicted molar refractivity (Wildman–Crippen MR) is 218 cm³/mol. The minimum atomic E-state index is -0.216. The second-order valence-electron chi connectivity index (χ2n) is 12.2. The number of fused-ring (bicyclic) bond motifs is 7. The molecule has 5 aromatic carbocycles. The maximum Gasteiger partial charge on any atom is 0.238 e. The van der Waals surface area contributed by atoms with E-state index in [1.54, 1.807) is 28.4 Å². The van der Waals surface area contributed by atoms with Crippen LogP contribution in [0.2, 0.25) is 0 Å². The molecule has 0 fully saturated rings. The number of allylic oxidation sites excluding steroid dienone is 3. The summed E-state index contributed by atoms with van der Waals surface area (Å²) in [5.74, 6) is 3.87. The van der Waals surface area contributed by atoms with Gasteiger partial charge in [0.05, 0.1) is 56.2 Å². The van der Waals surface area contributed by atoms with Crippen LogP contribution < -0.4 is 18.9 Å². The van der Waals surface area contributed by atoms with Crippen molar-refractivity contribution >= 4 is 74.1 Å². The van der Waals surface area contributed by atoms with E-state index in [0.29, 0.717) is 51.7 Å². The zero-order valence-electron chi connectivity index (χ0n) is 28.8. The van der Waals surface area contributed by atoms with E-state index in [2.05, 4.69) is 90.0 Å². The van der Waals surface area contributed by atoms with E-state index in [-0.39, 0.29) is 20.7 Å². The molecule has 0 unspecified atom stereocenters. The molecule has 9 rings (SSSR count). The highest BCUT2D eigenvalue weighted by molar-refractivity contribution is 14.2. The summed E-state index contributed by atoms with van der Waals surface area (Å²) in [5, 5.41) is 4.53. The average molecular weight is 798 g/mol. The number of rotatable bonds is 8. The standard InChI is InChI=1S/C42H32IN5O4/c1-49-28-18-25(19-29(22-28)50-2)40-44-41(26-20-30(51-3)23-31(21-26)52-4)46-42(45-40)48-37-14-8-6-12-33(37)35-16-15-34-32-11-5-7-13-36(32)47(38(34)39(35)48)27-10-9-17-43-24-27/h5-24H,1-4H3. The van der Waals surface area contributed by atoms with E-state index in [0.717, 1.165) is 43.9 Å². The van der Waals surface area contributed by atoms with Crippen molar-refractivity contribution < 1.29 is 18.9 Å². The first-order valence-corrected chi connectivity index (χ1v) is 19.1. The number of nitrogens with zero attached hydrogens (tertiary/aromatic N) is 5. The van der Waals surface area contributed by atoms with Crippen LogP contribution >= 0.6 is 20.7 Å². The summed E-state index contributed by atoms with van der Waals surface area (Å²) in [6, 6.07) is 32.8.